The lowest BCUT2D eigenvalue weighted by atomic mass is 10.1. The van der Waals surface area contributed by atoms with Crippen molar-refractivity contribution in [3.63, 3.8) is 0 Å². The smallest absolute Gasteiger partial charge is 0.326 e. The molecule has 34 heavy (non-hydrogen) atoms. The fourth-order valence-electron chi connectivity index (χ4n) is 3.71. The number of carbonyl (C=O) groups excluding carboxylic acids is 1. The van der Waals surface area contributed by atoms with Gasteiger partial charge in [0.1, 0.15) is 11.8 Å². The van der Waals surface area contributed by atoms with E-state index in [0.717, 1.165) is 5.56 Å². The van der Waals surface area contributed by atoms with Gasteiger partial charge in [-0.15, -0.1) is 0 Å². The Morgan fingerprint density at radius 2 is 1.91 bits per heavy atom. The Bertz CT molecular complexity index is 1240. The third kappa shape index (κ3) is 5.34. The molecule has 1 aliphatic rings. The molecule has 4 rings (SSSR count). The van der Waals surface area contributed by atoms with E-state index < -0.39 is 30.1 Å². The zero-order valence-corrected chi connectivity index (χ0v) is 18.7. The van der Waals surface area contributed by atoms with Crippen LogP contribution in [0.4, 0.5) is 6.01 Å². The zero-order chi connectivity index (χ0) is 24.1. The molecule has 0 radical (unpaired) electrons. The van der Waals surface area contributed by atoms with Gasteiger partial charge in [-0.2, -0.15) is 4.98 Å². The third-order valence-corrected chi connectivity index (χ3v) is 5.53. The van der Waals surface area contributed by atoms with Crippen LogP contribution in [0.2, 0.25) is 0 Å². The second-order valence-electron chi connectivity index (χ2n) is 7.90. The number of hydrogen-bond donors (Lipinski definition) is 2. The number of ether oxygens (including phenoxy) is 2. The Kier molecular flexibility index (Phi) is 7.07. The molecule has 0 bridgehead atoms. The van der Waals surface area contributed by atoms with Crippen LogP contribution in [0.3, 0.4) is 0 Å². The summed E-state index contributed by atoms with van der Waals surface area (Å²) in [6, 6.07) is 11.3. The molecular weight excluding hydrogens is 442 g/mol. The van der Waals surface area contributed by atoms with Gasteiger partial charge in [0, 0.05) is 25.1 Å². The largest absolute Gasteiger partial charge is 0.483 e. The number of morpholine rings is 1. The van der Waals surface area contributed by atoms with Crippen molar-refractivity contribution in [1.29, 1.82) is 0 Å². The van der Waals surface area contributed by atoms with E-state index in [0.29, 0.717) is 48.6 Å². The summed E-state index contributed by atoms with van der Waals surface area (Å²) in [7, 11) is 0. The number of anilines is 1. The lowest BCUT2D eigenvalue weighted by molar-refractivity contribution is -0.142. The standard InChI is InChI=1S/C24H25N3O7/c1-15-19(33-14-20(28)25-18(23(30)31)13-16-5-3-2-4-6-16)8-7-17-21(15)34-24(26-22(17)29)27-9-11-32-12-10-27/h2-8,18H,9-14H2,1H3,(H,25,28)(H,30,31)/t18-/m0/s1. The van der Waals surface area contributed by atoms with Gasteiger partial charge in [0.2, 0.25) is 0 Å². The molecule has 3 aromatic rings. The quantitative estimate of drug-likeness (QED) is 0.506. The van der Waals surface area contributed by atoms with Crippen molar-refractivity contribution in [3.05, 3.63) is 63.9 Å². The highest BCUT2D eigenvalue weighted by atomic mass is 16.5. The molecule has 0 aliphatic carbocycles. The lowest BCUT2D eigenvalue weighted by Crippen LogP contribution is -2.44. The lowest BCUT2D eigenvalue weighted by Gasteiger charge is -2.26. The maximum Gasteiger partial charge on any atom is 0.326 e. The van der Waals surface area contributed by atoms with Gasteiger partial charge in [-0.1, -0.05) is 30.3 Å². The fraction of sp³-hybridized carbons (Fsp3) is 0.333. The van der Waals surface area contributed by atoms with Crippen LogP contribution in [0.15, 0.2) is 51.7 Å². The summed E-state index contributed by atoms with van der Waals surface area (Å²) < 4.78 is 16.9. The van der Waals surface area contributed by atoms with Crippen LogP contribution in [0, 0.1) is 6.92 Å². The van der Waals surface area contributed by atoms with Gasteiger partial charge < -0.3 is 29.2 Å². The minimum absolute atomic E-state index is 0.152. The molecule has 2 aromatic carbocycles. The van der Waals surface area contributed by atoms with Crippen LogP contribution in [-0.2, 0) is 20.7 Å². The first-order chi connectivity index (χ1) is 16.4. The molecule has 2 heterocycles. The van der Waals surface area contributed by atoms with Gasteiger partial charge in [0.25, 0.3) is 11.5 Å². The van der Waals surface area contributed by atoms with E-state index in [9.17, 15) is 19.5 Å². The maximum absolute atomic E-state index is 12.5. The molecule has 1 saturated heterocycles. The number of nitrogens with zero attached hydrogens (tertiary/aromatic N) is 2. The molecule has 10 nitrogen and oxygen atoms in total. The average molecular weight is 467 g/mol. The van der Waals surface area contributed by atoms with E-state index in [1.54, 1.807) is 37.3 Å². The molecule has 0 spiro atoms. The second kappa shape index (κ2) is 10.3. The molecule has 0 unspecified atom stereocenters. The van der Waals surface area contributed by atoms with Crippen molar-refractivity contribution in [2.75, 3.05) is 37.8 Å². The van der Waals surface area contributed by atoms with Crippen molar-refractivity contribution in [2.24, 2.45) is 0 Å². The Labute approximate surface area is 195 Å². The van der Waals surface area contributed by atoms with E-state index in [4.69, 9.17) is 13.9 Å². The molecule has 2 N–H and O–H groups in total. The SMILES string of the molecule is Cc1c(OCC(=O)N[C@@H](Cc2ccccc2)C(=O)O)ccc2c(=O)nc(N3CCOCC3)oc12. The van der Waals surface area contributed by atoms with Crippen molar-refractivity contribution >= 4 is 28.9 Å². The number of nitrogens with one attached hydrogen (secondary N) is 1. The molecular formula is C24H25N3O7. The summed E-state index contributed by atoms with van der Waals surface area (Å²) in [5.74, 6) is -1.36. The molecule has 10 heteroatoms. The summed E-state index contributed by atoms with van der Waals surface area (Å²) in [5, 5.41) is 12.3. The number of carboxylic acids is 1. The van der Waals surface area contributed by atoms with E-state index in [-0.39, 0.29) is 12.4 Å². The first kappa shape index (κ1) is 23.2. The van der Waals surface area contributed by atoms with Gasteiger partial charge in [0.15, 0.2) is 12.2 Å². The number of aromatic nitrogens is 1. The van der Waals surface area contributed by atoms with Gasteiger partial charge in [0.05, 0.1) is 18.6 Å². The number of aryl methyl sites for hydroxylation is 1. The third-order valence-electron chi connectivity index (χ3n) is 5.53. The summed E-state index contributed by atoms with van der Waals surface area (Å²) in [6.45, 7) is 3.48. The number of amides is 1. The Morgan fingerprint density at radius 1 is 1.18 bits per heavy atom. The summed E-state index contributed by atoms with van der Waals surface area (Å²) in [5.41, 5.74) is 1.24. The molecule has 178 valence electrons. The van der Waals surface area contributed by atoms with E-state index in [1.807, 2.05) is 11.0 Å². The Balaban J connectivity index is 1.47. The van der Waals surface area contributed by atoms with Crippen molar-refractivity contribution in [3.8, 4) is 5.75 Å². The summed E-state index contributed by atoms with van der Waals surface area (Å²) in [4.78, 5) is 42.4. The number of carbonyl (C=O) groups is 2. The average Bonchev–Trinajstić information content (AvgIpc) is 2.84. The zero-order valence-electron chi connectivity index (χ0n) is 18.7. The van der Waals surface area contributed by atoms with Crippen LogP contribution in [0.5, 0.6) is 5.75 Å². The highest BCUT2D eigenvalue weighted by molar-refractivity contribution is 5.85. The number of rotatable bonds is 8. The first-order valence-corrected chi connectivity index (χ1v) is 10.9. The molecule has 1 atom stereocenters. The van der Waals surface area contributed by atoms with Gasteiger partial charge >= 0.3 is 12.0 Å². The minimum Gasteiger partial charge on any atom is -0.483 e. The molecule has 0 saturated carbocycles. The first-order valence-electron chi connectivity index (χ1n) is 10.9. The van der Waals surface area contributed by atoms with Crippen LogP contribution in [0.25, 0.3) is 11.0 Å². The maximum atomic E-state index is 12.5. The Hall–Kier alpha value is -3.92. The molecule has 1 amide bonds. The van der Waals surface area contributed by atoms with E-state index >= 15 is 0 Å². The number of hydrogen-bond acceptors (Lipinski definition) is 8. The van der Waals surface area contributed by atoms with Crippen LogP contribution >= 0.6 is 0 Å². The van der Waals surface area contributed by atoms with Crippen molar-refractivity contribution in [2.45, 2.75) is 19.4 Å². The predicted octanol–water partition coefficient (Wildman–Crippen LogP) is 1.52. The van der Waals surface area contributed by atoms with Gasteiger partial charge in [-0.05, 0) is 24.6 Å². The number of benzene rings is 2. The normalized spacial score (nSPS) is 14.6. The number of fused-ring (bicyclic) bond motifs is 1. The van der Waals surface area contributed by atoms with Gasteiger partial charge in [-0.25, -0.2) is 4.79 Å². The summed E-state index contributed by atoms with van der Waals surface area (Å²) >= 11 is 0. The topological polar surface area (TPSA) is 131 Å². The highest BCUT2D eigenvalue weighted by Crippen LogP contribution is 2.28. The van der Waals surface area contributed by atoms with Crippen LogP contribution in [0.1, 0.15) is 11.1 Å². The van der Waals surface area contributed by atoms with Crippen LogP contribution in [-0.4, -0.2) is 60.9 Å². The molecule has 1 aromatic heterocycles. The summed E-state index contributed by atoms with van der Waals surface area (Å²) in [6.07, 6.45) is 0.152. The second-order valence-corrected chi connectivity index (χ2v) is 7.90. The molecule has 1 fully saturated rings. The predicted molar refractivity (Wildman–Crippen MR) is 123 cm³/mol. The van der Waals surface area contributed by atoms with E-state index in [1.165, 1.54) is 6.07 Å². The van der Waals surface area contributed by atoms with Crippen molar-refractivity contribution in [1.82, 2.24) is 10.3 Å². The highest BCUT2D eigenvalue weighted by Gasteiger charge is 2.22. The molecule has 1 aliphatic heterocycles. The monoisotopic (exact) mass is 467 g/mol. The van der Waals surface area contributed by atoms with Gasteiger partial charge in [-0.3, -0.25) is 9.59 Å². The number of carboxylic acid groups (broad SMARTS) is 1. The number of aliphatic carboxylic acids is 1. The Morgan fingerprint density at radius 3 is 2.62 bits per heavy atom. The minimum atomic E-state index is -1.14. The van der Waals surface area contributed by atoms with Crippen LogP contribution < -0.4 is 20.5 Å². The van der Waals surface area contributed by atoms with E-state index in [2.05, 4.69) is 10.3 Å². The van der Waals surface area contributed by atoms with Crippen molar-refractivity contribution < 1.29 is 28.6 Å². The fourth-order valence-corrected chi connectivity index (χ4v) is 3.71.